The number of pyridine rings is 1. The van der Waals surface area contributed by atoms with E-state index in [-0.39, 0.29) is 11.3 Å². The number of aromatic amines is 1. The van der Waals surface area contributed by atoms with Crippen LogP contribution in [0.3, 0.4) is 0 Å². The molecule has 0 aliphatic carbocycles. The van der Waals surface area contributed by atoms with Crippen LogP contribution in [0.2, 0.25) is 0 Å². The Morgan fingerprint density at radius 1 is 1.40 bits per heavy atom. The molecular formula is C14H15N3O3. The summed E-state index contributed by atoms with van der Waals surface area (Å²) >= 11 is 0. The van der Waals surface area contributed by atoms with Crippen LogP contribution in [0.1, 0.15) is 30.6 Å². The SMILES string of the molecule is CCC(C)=NNC(=O)c1c(O)c2ccccc2[nH]c1=O. The predicted octanol–water partition coefficient (Wildman–Crippen LogP) is 1.75. The predicted molar refractivity (Wildman–Crippen MR) is 77.1 cm³/mol. The Labute approximate surface area is 115 Å². The Kier molecular flexibility index (Phi) is 3.84. The third-order valence-electron chi connectivity index (χ3n) is 2.98. The highest BCUT2D eigenvalue weighted by atomic mass is 16.3. The molecular weight excluding hydrogens is 258 g/mol. The molecule has 0 aliphatic heterocycles. The molecule has 1 aromatic carbocycles. The van der Waals surface area contributed by atoms with Gasteiger partial charge in [0.1, 0.15) is 11.3 Å². The van der Waals surface area contributed by atoms with Crippen LogP contribution >= 0.6 is 0 Å². The summed E-state index contributed by atoms with van der Waals surface area (Å²) in [5.41, 5.74) is 2.47. The van der Waals surface area contributed by atoms with Crippen molar-refractivity contribution in [1.82, 2.24) is 10.4 Å². The van der Waals surface area contributed by atoms with E-state index in [2.05, 4.69) is 15.5 Å². The molecule has 1 heterocycles. The first-order chi connectivity index (χ1) is 9.54. The number of carbonyl (C=O) groups excluding carboxylic acids is 1. The number of hydrogen-bond donors (Lipinski definition) is 3. The van der Waals surface area contributed by atoms with Gasteiger partial charge in [0.15, 0.2) is 0 Å². The molecule has 0 fully saturated rings. The van der Waals surface area contributed by atoms with Crippen molar-refractivity contribution in [2.45, 2.75) is 20.3 Å². The van der Waals surface area contributed by atoms with Crippen molar-refractivity contribution in [2.24, 2.45) is 5.10 Å². The lowest BCUT2D eigenvalue weighted by molar-refractivity contribution is 0.0950. The smallest absolute Gasteiger partial charge is 0.280 e. The summed E-state index contributed by atoms with van der Waals surface area (Å²) in [7, 11) is 0. The molecule has 0 aliphatic rings. The van der Waals surface area contributed by atoms with Crippen molar-refractivity contribution < 1.29 is 9.90 Å². The average molecular weight is 273 g/mol. The summed E-state index contributed by atoms with van der Waals surface area (Å²) in [6.45, 7) is 3.65. The standard InChI is InChI=1S/C14H15N3O3/c1-3-8(2)16-17-14(20)11-12(18)9-6-4-5-7-10(9)15-13(11)19/h4-7H,3H2,1-2H3,(H,17,20)(H2,15,18,19). The van der Waals surface area contributed by atoms with Gasteiger partial charge in [-0.25, -0.2) is 5.43 Å². The Balaban J connectivity index is 2.49. The fourth-order valence-corrected chi connectivity index (χ4v) is 1.72. The van der Waals surface area contributed by atoms with E-state index in [1.54, 1.807) is 31.2 Å². The lowest BCUT2D eigenvalue weighted by Gasteiger charge is -2.06. The first-order valence-corrected chi connectivity index (χ1v) is 6.22. The second-order valence-corrected chi connectivity index (χ2v) is 4.36. The molecule has 1 aromatic heterocycles. The third-order valence-corrected chi connectivity index (χ3v) is 2.98. The summed E-state index contributed by atoms with van der Waals surface area (Å²) in [5.74, 6) is -1.08. The van der Waals surface area contributed by atoms with E-state index in [9.17, 15) is 14.7 Å². The van der Waals surface area contributed by atoms with Gasteiger partial charge in [-0.2, -0.15) is 5.10 Å². The third kappa shape index (κ3) is 2.54. The summed E-state index contributed by atoms with van der Waals surface area (Å²) in [5, 5.41) is 14.3. The number of nitrogens with zero attached hydrogens (tertiary/aromatic N) is 1. The Morgan fingerprint density at radius 2 is 2.10 bits per heavy atom. The fourth-order valence-electron chi connectivity index (χ4n) is 1.72. The van der Waals surface area contributed by atoms with Crippen molar-refractivity contribution in [1.29, 1.82) is 0 Å². The number of nitrogens with one attached hydrogen (secondary N) is 2. The molecule has 0 atom stereocenters. The number of aromatic hydroxyl groups is 1. The van der Waals surface area contributed by atoms with E-state index in [1.165, 1.54) is 0 Å². The van der Waals surface area contributed by atoms with Crippen LogP contribution in [-0.2, 0) is 0 Å². The maximum Gasteiger partial charge on any atom is 0.280 e. The van der Waals surface area contributed by atoms with Crippen LogP contribution in [-0.4, -0.2) is 21.7 Å². The number of fused-ring (bicyclic) bond motifs is 1. The first-order valence-electron chi connectivity index (χ1n) is 6.22. The molecule has 2 rings (SSSR count). The molecule has 104 valence electrons. The van der Waals surface area contributed by atoms with Crippen LogP contribution in [0.15, 0.2) is 34.2 Å². The highest BCUT2D eigenvalue weighted by Gasteiger charge is 2.18. The van der Waals surface area contributed by atoms with Crippen molar-refractivity contribution in [3.05, 3.63) is 40.2 Å². The van der Waals surface area contributed by atoms with Crippen molar-refractivity contribution in [2.75, 3.05) is 0 Å². The zero-order chi connectivity index (χ0) is 14.7. The largest absolute Gasteiger partial charge is 0.506 e. The van der Waals surface area contributed by atoms with Gasteiger partial charge in [-0.3, -0.25) is 9.59 Å². The zero-order valence-corrected chi connectivity index (χ0v) is 11.2. The molecule has 6 heteroatoms. The molecule has 0 spiro atoms. The minimum Gasteiger partial charge on any atom is -0.506 e. The number of aromatic nitrogens is 1. The summed E-state index contributed by atoms with van der Waals surface area (Å²) in [4.78, 5) is 26.4. The summed E-state index contributed by atoms with van der Waals surface area (Å²) in [6, 6.07) is 6.71. The normalized spacial score (nSPS) is 11.6. The van der Waals surface area contributed by atoms with E-state index in [1.807, 2.05) is 6.92 Å². The van der Waals surface area contributed by atoms with Gasteiger partial charge < -0.3 is 10.1 Å². The number of hydrogen-bond acceptors (Lipinski definition) is 4. The molecule has 2 aromatic rings. The van der Waals surface area contributed by atoms with Crippen molar-refractivity contribution in [3.63, 3.8) is 0 Å². The van der Waals surface area contributed by atoms with E-state index < -0.39 is 11.5 Å². The molecule has 6 nitrogen and oxygen atoms in total. The minimum atomic E-state index is -0.734. The van der Waals surface area contributed by atoms with E-state index in [0.717, 1.165) is 5.71 Å². The number of carbonyl (C=O) groups is 1. The van der Waals surface area contributed by atoms with Gasteiger partial charge in [0.05, 0.1) is 5.52 Å². The molecule has 0 unspecified atom stereocenters. The van der Waals surface area contributed by atoms with Crippen molar-refractivity contribution >= 4 is 22.5 Å². The monoisotopic (exact) mass is 273 g/mol. The summed E-state index contributed by atoms with van der Waals surface area (Å²) in [6.07, 6.45) is 0.681. The second-order valence-electron chi connectivity index (χ2n) is 4.36. The van der Waals surface area contributed by atoms with Gasteiger partial charge in [-0.1, -0.05) is 19.1 Å². The van der Waals surface area contributed by atoms with Crippen molar-refractivity contribution in [3.8, 4) is 5.75 Å². The van der Waals surface area contributed by atoms with Crippen LogP contribution in [0.5, 0.6) is 5.75 Å². The Morgan fingerprint density at radius 3 is 2.80 bits per heavy atom. The van der Waals surface area contributed by atoms with E-state index in [0.29, 0.717) is 17.3 Å². The van der Waals surface area contributed by atoms with Gasteiger partial charge >= 0.3 is 0 Å². The van der Waals surface area contributed by atoms with Gasteiger partial charge in [-0.05, 0) is 25.5 Å². The van der Waals surface area contributed by atoms with E-state index >= 15 is 0 Å². The number of amides is 1. The van der Waals surface area contributed by atoms with Crippen LogP contribution in [0.25, 0.3) is 10.9 Å². The molecule has 1 amide bonds. The molecule has 0 saturated carbocycles. The summed E-state index contributed by atoms with van der Waals surface area (Å²) < 4.78 is 0. The number of para-hydroxylation sites is 1. The molecule has 0 saturated heterocycles. The van der Waals surface area contributed by atoms with Crippen LogP contribution in [0.4, 0.5) is 0 Å². The van der Waals surface area contributed by atoms with Crippen LogP contribution < -0.4 is 11.0 Å². The van der Waals surface area contributed by atoms with Gasteiger partial charge in [0.25, 0.3) is 11.5 Å². The Bertz CT molecular complexity index is 747. The number of rotatable bonds is 3. The van der Waals surface area contributed by atoms with Gasteiger partial charge in [0.2, 0.25) is 0 Å². The molecule has 0 radical (unpaired) electrons. The lowest BCUT2D eigenvalue weighted by atomic mass is 10.1. The van der Waals surface area contributed by atoms with Gasteiger partial charge in [-0.15, -0.1) is 0 Å². The highest BCUT2D eigenvalue weighted by molar-refractivity contribution is 6.02. The maximum absolute atomic E-state index is 12.0. The topological polar surface area (TPSA) is 94.5 Å². The number of hydrazone groups is 1. The average Bonchev–Trinajstić information content (AvgIpc) is 2.44. The highest BCUT2D eigenvalue weighted by Crippen LogP contribution is 2.24. The Hall–Kier alpha value is -2.63. The van der Waals surface area contributed by atoms with Crippen LogP contribution in [0, 0.1) is 0 Å². The minimum absolute atomic E-state index is 0.337. The molecule has 20 heavy (non-hydrogen) atoms. The van der Waals surface area contributed by atoms with Gasteiger partial charge in [0, 0.05) is 11.1 Å². The number of benzene rings is 1. The molecule has 0 bridgehead atoms. The maximum atomic E-state index is 12.0. The second kappa shape index (κ2) is 5.56. The molecule has 3 N–H and O–H groups in total. The lowest BCUT2D eigenvalue weighted by Crippen LogP contribution is -2.27. The zero-order valence-electron chi connectivity index (χ0n) is 11.2. The fraction of sp³-hybridized carbons (Fsp3) is 0.214. The first kappa shape index (κ1) is 13.8. The number of H-pyrrole nitrogens is 1. The quantitative estimate of drug-likeness (QED) is 0.587. The van der Waals surface area contributed by atoms with E-state index in [4.69, 9.17) is 0 Å².